The van der Waals surface area contributed by atoms with Gasteiger partial charge in [-0.15, -0.1) is 15.3 Å². The predicted octanol–water partition coefficient (Wildman–Crippen LogP) is 2.30. The van der Waals surface area contributed by atoms with Gasteiger partial charge in [0, 0.05) is 18.2 Å². The van der Waals surface area contributed by atoms with E-state index in [9.17, 15) is 12.8 Å². The van der Waals surface area contributed by atoms with Crippen LogP contribution >= 0.6 is 0 Å². The molecule has 0 fully saturated rings. The van der Waals surface area contributed by atoms with Crippen LogP contribution in [0.15, 0.2) is 65.6 Å². The number of aromatic nitrogens is 4. The van der Waals surface area contributed by atoms with Gasteiger partial charge in [0.05, 0.1) is 12.0 Å². The van der Waals surface area contributed by atoms with Gasteiger partial charge in [-0.3, -0.25) is 0 Å². The van der Waals surface area contributed by atoms with E-state index < -0.39 is 15.8 Å². The van der Waals surface area contributed by atoms with Crippen molar-refractivity contribution < 1.29 is 22.3 Å². The standard InChI is InChI=1S/C20H18FN5O4S/c1-29-16-4-2-3-14(13-16)20-24-23-18-9-10-19(25-26(18)20)30-12-11-22-31(27,28)17-7-5-15(21)6-8-17/h2-10,13,22H,11-12H2,1H3. The Morgan fingerprint density at radius 2 is 1.87 bits per heavy atom. The molecule has 0 radical (unpaired) electrons. The third kappa shape index (κ3) is 4.62. The molecule has 0 aliphatic carbocycles. The molecule has 0 saturated carbocycles. The second kappa shape index (κ2) is 8.66. The van der Waals surface area contributed by atoms with Crippen molar-refractivity contribution in [3.05, 3.63) is 66.5 Å². The minimum atomic E-state index is -3.76. The molecule has 0 aliphatic rings. The van der Waals surface area contributed by atoms with Gasteiger partial charge in [0.25, 0.3) is 0 Å². The Morgan fingerprint density at radius 1 is 1.06 bits per heavy atom. The zero-order valence-corrected chi connectivity index (χ0v) is 17.2. The molecule has 0 unspecified atom stereocenters. The van der Waals surface area contributed by atoms with Crippen molar-refractivity contribution >= 4 is 15.7 Å². The van der Waals surface area contributed by atoms with Gasteiger partial charge in [0.1, 0.15) is 18.2 Å². The van der Waals surface area contributed by atoms with Crippen molar-refractivity contribution in [2.45, 2.75) is 4.90 Å². The molecule has 0 amide bonds. The molecule has 1 N–H and O–H groups in total. The van der Waals surface area contributed by atoms with E-state index in [-0.39, 0.29) is 23.9 Å². The Morgan fingerprint density at radius 3 is 2.65 bits per heavy atom. The van der Waals surface area contributed by atoms with E-state index in [0.717, 1.165) is 17.7 Å². The highest BCUT2D eigenvalue weighted by molar-refractivity contribution is 7.89. The van der Waals surface area contributed by atoms with E-state index in [1.54, 1.807) is 19.2 Å². The van der Waals surface area contributed by atoms with Crippen LogP contribution in [0.2, 0.25) is 0 Å². The number of hydrogen-bond donors (Lipinski definition) is 1. The van der Waals surface area contributed by atoms with Crippen LogP contribution in [0.4, 0.5) is 4.39 Å². The lowest BCUT2D eigenvalue weighted by Gasteiger charge is -2.08. The van der Waals surface area contributed by atoms with Gasteiger partial charge in [-0.1, -0.05) is 12.1 Å². The molecule has 2 heterocycles. The Labute approximate surface area is 177 Å². The Balaban J connectivity index is 1.44. The van der Waals surface area contributed by atoms with Crippen molar-refractivity contribution in [2.75, 3.05) is 20.3 Å². The first-order valence-electron chi connectivity index (χ1n) is 9.21. The average Bonchev–Trinajstić information content (AvgIpc) is 3.20. The minimum Gasteiger partial charge on any atom is -0.497 e. The number of rotatable bonds is 8. The van der Waals surface area contributed by atoms with Crippen molar-refractivity contribution in [2.24, 2.45) is 0 Å². The largest absolute Gasteiger partial charge is 0.497 e. The van der Waals surface area contributed by atoms with Crippen molar-refractivity contribution in [3.63, 3.8) is 0 Å². The zero-order chi connectivity index (χ0) is 21.8. The third-order valence-corrected chi connectivity index (χ3v) is 5.81. The summed E-state index contributed by atoms with van der Waals surface area (Å²) in [5, 5.41) is 12.6. The summed E-state index contributed by atoms with van der Waals surface area (Å²) in [6.07, 6.45) is 0. The highest BCUT2D eigenvalue weighted by Gasteiger charge is 2.14. The van der Waals surface area contributed by atoms with Crippen LogP contribution in [-0.2, 0) is 10.0 Å². The van der Waals surface area contributed by atoms with Gasteiger partial charge in [-0.2, -0.15) is 4.52 Å². The summed E-state index contributed by atoms with van der Waals surface area (Å²) in [6.45, 7) is 0.0416. The minimum absolute atomic E-state index is 0.00431. The molecular weight excluding hydrogens is 425 g/mol. The first kappa shape index (κ1) is 20.7. The SMILES string of the molecule is COc1cccc(-c2nnc3ccc(OCCNS(=O)(=O)c4ccc(F)cc4)nn23)c1. The van der Waals surface area contributed by atoms with Crippen LogP contribution < -0.4 is 14.2 Å². The van der Waals surface area contributed by atoms with Crippen LogP contribution in [-0.4, -0.2) is 48.5 Å². The van der Waals surface area contributed by atoms with Gasteiger partial charge in [0.2, 0.25) is 15.9 Å². The summed E-state index contributed by atoms with van der Waals surface area (Å²) in [4.78, 5) is -0.0270. The second-order valence-corrected chi connectivity index (χ2v) is 8.16. The molecule has 0 aliphatic heterocycles. The maximum absolute atomic E-state index is 13.0. The Bertz CT molecular complexity index is 1310. The third-order valence-electron chi connectivity index (χ3n) is 4.33. The van der Waals surface area contributed by atoms with Crippen LogP contribution in [0.5, 0.6) is 11.6 Å². The van der Waals surface area contributed by atoms with E-state index in [4.69, 9.17) is 9.47 Å². The summed E-state index contributed by atoms with van der Waals surface area (Å²) in [5.74, 6) is 0.954. The topological polar surface area (TPSA) is 108 Å². The van der Waals surface area contributed by atoms with Crippen molar-refractivity contribution in [3.8, 4) is 23.0 Å². The number of sulfonamides is 1. The smallest absolute Gasteiger partial charge is 0.240 e. The number of nitrogens with zero attached hydrogens (tertiary/aromatic N) is 4. The zero-order valence-electron chi connectivity index (χ0n) is 16.4. The number of nitrogens with one attached hydrogen (secondary N) is 1. The number of benzene rings is 2. The van der Waals surface area contributed by atoms with Crippen LogP contribution in [0.25, 0.3) is 17.0 Å². The first-order valence-corrected chi connectivity index (χ1v) is 10.7. The lowest BCUT2D eigenvalue weighted by Crippen LogP contribution is -2.28. The van der Waals surface area contributed by atoms with E-state index >= 15 is 0 Å². The fourth-order valence-electron chi connectivity index (χ4n) is 2.82. The number of hydrogen-bond acceptors (Lipinski definition) is 7. The fraction of sp³-hybridized carbons (Fsp3) is 0.150. The maximum atomic E-state index is 13.0. The van der Waals surface area contributed by atoms with E-state index in [1.807, 2.05) is 24.3 Å². The summed E-state index contributed by atoms with van der Waals surface area (Å²) in [7, 11) is -2.18. The van der Waals surface area contributed by atoms with Crippen LogP contribution in [0, 0.1) is 5.82 Å². The Kier molecular flexibility index (Phi) is 5.78. The van der Waals surface area contributed by atoms with Crippen molar-refractivity contribution in [1.29, 1.82) is 0 Å². The summed E-state index contributed by atoms with van der Waals surface area (Å²) in [5.41, 5.74) is 1.30. The maximum Gasteiger partial charge on any atom is 0.240 e. The molecule has 0 spiro atoms. The molecule has 2 aromatic heterocycles. The van der Waals surface area contributed by atoms with Gasteiger partial charge >= 0.3 is 0 Å². The molecular formula is C20H18FN5O4S. The lowest BCUT2D eigenvalue weighted by molar-refractivity contribution is 0.306. The van der Waals surface area contributed by atoms with Gasteiger partial charge in [-0.05, 0) is 42.5 Å². The summed E-state index contributed by atoms with van der Waals surface area (Å²) in [6, 6.07) is 15.2. The average molecular weight is 443 g/mol. The quantitative estimate of drug-likeness (QED) is 0.416. The molecule has 4 aromatic rings. The number of halogens is 1. The highest BCUT2D eigenvalue weighted by Crippen LogP contribution is 2.23. The molecule has 160 valence electrons. The fourth-order valence-corrected chi connectivity index (χ4v) is 3.83. The predicted molar refractivity (Wildman–Crippen MR) is 110 cm³/mol. The molecule has 0 saturated heterocycles. The monoisotopic (exact) mass is 443 g/mol. The molecule has 0 atom stereocenters. The summed E-state index contributed by atoms with van der Waals surface area (Å²) < 4.78 is 52.1. The molecule has 2 aromatic carbocycles. The van der Waals surface area contributed by atoms with Crippen LogP contribution in [0.1, 0.15) is 0 Å². The van der Waals surface area contributed by atoms with E-state index in [2.05, 4.69) is 20.0 Å². The van der Waals surface area contributed by atoms with E-state index in [0.29, 0.717) is 17.2 Å². The molecule has 9 nitrogen and oxygen atoms in total. The molecule has 31 heavy (non-hydrogen) atoms. The number of ether oxygens (including phenoxy) is 2. The molecule has 4 rings (SSSR count). The highest BCUT2D eigenvalue weighted by atomic mass is 32.2. The molecule has 0 bridgehead atoms. The number of methoxy groups -OCH3 is 1. The van der Waals surface area contributed by atoms with Crippen molar-refractivity contribution in [1.82, 2.24) is 24.5 Å². The van der Waals surface area contributed by atoms with Gasteiger partial charge in [-0.25, -0.2) is 17.5 Å². The van der Waals surface area contributed by atoms with Gasteiger partial charge < -0.3 is 9.47 Å². The Hall–Kier alpha value is -3.57. The summed E-state index contributed by atoms with van der Waals surface area (Å²) >= 11 is 0. The lowest BCUT2D eigenvalue weighted by atomic mass is 10.2. The molecule has 11 heteroatoms. The van der Waals surface area contributed by atoms with E-state index in [1.165, 1.54) is 16.6 Å². The number of fused-ring (bicyclic) bond motifs is 1. The second-order valence-electron chi connectivity index (χ2n) is 6.40. The first-order chi connectivity index (χ1) is 15.0. The van der Waals surface area contributed by atoms with Gasteiger partial charge in [0.15, 0.2) is 11.5 Å². The normalized spacial score (nSPS) is 11.5. The van der Waals surface area contributed by atoms with Crippen LogP contribution in [0.3, 0.4) is 0 Å².